The van der Waals surface area contributed by atoms with Gasteiger partial charge in [-0.3, -0.25) is 14.9 Å². The number of ether oxygens (including phenoxy) is 1. The highest BCUT2D eigenvalue weighted by Gasteiger charge is 2.13. The number of nitrogens with zero attached hydrogens (tertiary/aromatic N) is 2. The summed E-state index contributed by atoms with van der Waals surface area (Å²) in [7, 11) is 0. The van der Waals surface area contributed by atoms with E-state index in [4.69, 9.17) is 16.3 Å². The van der Waals surface area contributed by atoms with Crippen molar-refractivity contribution in [1.29, 1.82) is 0 Å². The zero-order valence-corrected chi connectivity index (χ0v) is 18.7. The minimum Gasteiger partial charge on any atom is -0.489 e. The molecule has 0 bridgehead atoms. The Morgan fingerprint density at radius 3 is 2.41 bits per heavy atom. The average Bonchev–Trinajstić information content (AvgIpc) is 2.80. The van der Waals surface area contributed by atoms with Crippen molar-refractivity contribution in [3.63, 3.8) is 0 Å². The van der Waals surface area contributed by atoms with Crippen molar-refractivity contribution in [2.24, 2.45) is 5.10 Å². The highest BCUT2D eigenvalue weighted by atomic mass is 35.5. The second-order valence-electron chi connectivity index (χ2n) is 6.73. The van der Waals surface area contributed by atoms with Crippen LogP contribution in [0.3, 0.4) is 0 Å². The van der Waals surface area contributed by atoms with Crippen LogP contribution in [0.4, 0.5) is 5.69 Å². The van der Waals surface area contributed by atoms with E-state index >= 15 is 0 Å². The number of hydrogen-bond acceptors (Lipinski definition) is 6. The molecule has 0 heterocycles. The van der Waals surface area contributed by atoms with Gasteiger partial charge in [-0.1, -0.05) is 11.6 Å². The van der Waals surface area contributed by atoms with Crippen LogP contribution in [-0.4, -0.2) is 22.3 Å². The van der Waals surface area contributed by atoms with Crippen LogP contribution in [0, 0.1) is 10.1 Å². The third kappa shape index (κ3) is 7.11. The van der Waals surface area contributed by atoms with Gasteiger partial charge in [-0.05, 0) is 78.7 Å². The summed E-state index contributed by atoms with van der Waals surface area (Å²) in [6, 6.07) is 20.7. The zero-order valence-electron chi connectivity index (χ0n) is 17.1. The molecule has 1 atom stereocenters. The van der Waals surface area contributed by atoms with Crippen LogP contribution in [0.1, 0.15) is 18.1 Å². The summed E-state index contributed by atoms with van der Waals surface area (Å²) in [5.74, 6) is 0.446. The number of non-ortho nitro benzene ring substituents is 1. The van der Waals surface area contributed by atoms with E-state index < -0.39 is 4.92 Å². The fraction of sp³-hybridized carbons (Fsp3) is 0.130. The third-order valence-corrected chi connectivity index (χ3v) is 5.68. The van der Waals surface area contributed by atoms with Crippen LogP contribution < -0.4 is 10.2 Å². The lowest BCUT2D eigenvalue weighted by atomic mass is 10.2. The topological polar surface area (TPSA) is 93.8 Å². The Bertz CT molecular complexity index is 1090. The van der Waals surface area contributed by atoms with Gasteiger partial charge in [0.25, 0.3) is 11.6 Å². The molecule has 0 aromatic heterocycles. The summed E-state index contributed by atoms with van der Waals surface area (Å²) >= 11 is 7.29. The van der Waals surface area contributed by atoms with Gasteiger partial charge in [-0.2, -0.15) is 5.10 Å². The molecule has 0 saturated heterocycles. The van der Waals surface area contributed by atoms with Crippen molar-refractivity contribution in [3.8, 4) is 5.75 Å². The van der Waals surface area contributed by atoms with Crippen molar-refractivity contribution >= 4 is 41.2 Å². The molecule has 3 aromatic rings. The highest BCUT2D eigenvalue weighted by molar-refractivity contribution is 8.00. The number of thioether (sulfide) groups is 1. The lowest BCUT2D eigenvalue weighted by Crippen LogP contribution is -2.26. The van der Waals surface area contributed by atoms with Gasteiger partial charge < -0.3 is 4.74 Å². The number of halogens is 1. The highest BCUT2D eigenvalue weighted by Crippen LogP contribution is 2.24. The molecule has 0 spiro atoms. The molecule has 0 radical (unpaired) electrons. The second kappa shape index (κ2) is 11.3. The SMILES string of the molecule is C[C@@H](Sc1ccc(Cl)cc1)C(=O)N/N=C\c1ccc(OCc2ccc([N+](=O)[O-])cc2)cc1. The molecule has 32 heavy (non-hydrogen) atoms. The largest absolute Gasteiger partial charge is 0.489 e. The molecule has 0 aliphatic heterocycles. The number of hydrogen-bond donors (Lipinski definition) is 1. The number of hydrazone groups is 1. The van der Waals surface area contributed by atoms with Crippen LogP contribution in [0.25, 0.3) is 0 Å². The quantitative estimate of drug-likeness (QED) is 0.194. The van der Waals surface area contributed by atoms with Crippen LogP contribution in [0.15, 0.2) is 82.8 Å². The molecule has 3 aromatic carbocycles. The first-order valence-corrected chi connectivity index (χ1v) is 10.9. The van der Waals surface area contributed by atoms with E-state index in [2.05, 4.69) is 10.5 Å². The van der Waals surface area contributed by atoms with E-state index in [1.165, 1.54) is 23.9 Å². The fourth-order valence-electron chi connectivity index (χ4n) is 2.56. The average molecular weight is 470 g/mol. The summed E-state index contributed by atoms with van der Waals surface area (Å²) in [5.41, 5.74) is 4.21. The van der Waals surface area contributed by atoms with E-state index in [9.17, 15) is 14.9 Å². The predicted molar refractivity (Wildman–Crippen MR) is 126 cm³/mol. The smallest absolute Gasteiger partial charge is 0.269 e. The number of carbonyl (C=O) groups excluding carboxylic acids is 1. The summed E-state index contributed by atoms with van der Waals surface area (Å²) < 4.78 is 5.69. The third-order valence-electron chi connectivity index (χ3n) is 4.32. The van der Waals surface area contributed by atoms with Crippen molar-refractivity contribution in [2.45, 2.75) is 23.7 Å². The Morgan fingerprint density at radius 2 is 1.78 bits per heavy atom. The summed E-state index contributed by atoms with van der Waals surface area (Å²) in [4.78, 5) is 23.4. The van der Waals surface area contributed by atoms with Crippen molar-refractivity contribution in [2.75, 3.05) is 0 Å². The van der Waals surface area contributed by atoms with Gasteiger partial charge in [0.1, 0.15) is 12.4 Å². The van der Waals surface area contributed by atoms with Crippen molar-refractivity contribution in [1.82, 2.24) is 5.43 Å². The number of benzene rings is 3. The van der Waals surface area contributed by atoms with Gasteiger partial charge in [-0.25, -0.2) is 5.43 Å². The molecule has 0 aliphatic rings. The number of amides is 1. The molecular formula is C23H20ClN3O4S. The van der Waals surface area contributed by atoms with E-state index in [0.717, 1.165) is 16.0 Å². The minimum atomic E-state index is -0.438. The molecule has 3 rings (SSSR count). The normalized spacial score (nSPS) is 11.8. The first-order valence-electron chi connectivity index (χ1n) is 9.62. The number of rotatable bonds is 9. The summed E-state index contributed by atoms with van der Waals surface area (Å²) in [6.45, 7) is 2.10. The van der Waals surface area contributed by atoms with Crippen LogP contribution >= 0.6 is 23.4 Å². The maximum Gasteiger partial charge on any atom is 0.269 e. The molecule has 9 heteroatoms. The maximum absolute atomic E-state index is 12.2. The molecule has 7 nitrogen and oxygen atoms in total. The summed E-state index contributed by atoms with van der Waals surface area (Å²) in [5, 5.41) is 15.0. The van der Waals surface area contributed by atoms with Gasteiger partial charge in [0.2, 0.25) is 0 Å². The van der Waals surface area contributed by atoms with Gasteiger partial charge in [-0.15, -0.1) is 11.8 Å². The Kier molecular flexibility index (Phi) is 8.24. The second-order valence-corrected chi connectivity index (χ2v) is 8.58. The maximum atomic E-state index is 12.2. The lowest BCUT2D eigenvalue weighted by molar-refractivity contribution is -0.384. The zero-order chi connectivity index (χ0) is 22.9. The van der Waals surface area contributed by atoms with E-state index in [1.54, 1.807) is 49.5 Å². The van der Waals surface area contributed by atoms with Gasteiger partial charge in [0, 0.05) is 22.1 Å². The molecule has 164 valence electrons. The Morgan fingerprint density at radius 1 is 1.12 bits per heavy atom. The van der Waals surface area contributed by atoms with Crippen LogP contribution in [0.2, 0.25) is 5.02 Å². The Hall–Kier alpha value is -3.36. The Balaban J connectivity index is 1.45. The number of nitro groups is 1. The predicted octanol–water partition coefficient (Wildman–Crippen LogP) is 5.46. The van der Waals surface area contributed by atoms with Gasteiger partial charge in [0.15, 0.2) is 0 Å². The first-order chi connectivity index (χ1) is 15.4. The van der Waals surface area contributed by atoms with Crippen molar-refractivity contribution in [3.05, 3.63) is 99.1 Å². The molecule has 0 fully saturated rings. The first kappa shape index (κ1) is 23.3. The van der Waals surface area contributed by atoms with Gasteiger partial charge >= 0.3 is 0 Å². The van der Waals surface area contributed by atoms with Gasteiger partial charge in [0.05, 0.1) is 16.4 Å². The molecule has 1 N–H and O–H groups in total. The van der Waals surface area contributed by atoms with Crippen LogP contribution in [-0.2, 0) is 11.4 Å². The fourth-order valence-corrected chi connectivity index (χ4v) is 3.55. The molecule has 1 amide bonds. The number of nitro benzene ring substituents is 1. The van der Waals surface area contributed by atoms with Crippen molar-refractivity contribution < 1.29 is 14.5 Å². The molecular weight excluding hydrogens is 450 g/mol. The van der Waals surface area contributed by atoms with E-state index in [1.807, 2.05) is 24.3 Å². The van der Waals surface area contributed by atoms with Crippen LogP contribution in [0.5, 0.6) is 5.75 Å². The molecule has 0 saturated carbocycles. The minimum absolute atomic E-state index is 0.0439. The Labute approximate surface area is 194 Å². The summed E-state index contributed by atoms with van der Waals surface area (Å²) in [6.07, 6.45) is 1.55. The number of nitrogens with one attached hydrogen (secondary N) is 1. The van der Waals surface area contributed by atoms with E-state index in [0.29, 0.717) is 17.4 Å². The molecule has 0 aliphatic carbocycles. The molecule has 0 unspecified atom stereocenters. The standard InChI is InChI=1S/C23H20ClN3O4S/c1-16(32-22-12-6-19(24)7-13-22)23(28)26-25-14-17-4-10-21(11-5-17)31-15-18-2-8-20(9-3-18)27(29)30/h2-14,16H,15H2,1H3,(H,26,28)/b25-14-/t16-/m1/s1. The monoisotopic (exact) mass is 469 g/mol. The van der Waals surface area contributed by atoms with E-state index in [-0.39, 0.29) is 16.8 Å². The number of carbonyl (C=O) groups is 1. The lowest BCUT2D eigenvalue weighted by Gasteiger charge is -2.09.